The van der Waals surface area contributed by atoms with E-state index in [2.05, 4.69) is 5.32 Å². The van der Waals surface area contributed by atoms with E-state index < -0.39 is 17.5 Å². The molecule has 0 aliphatic rings. The molecule has 4 heteroatoms. The van der Waals surface area contributed by atoms with Crippen LogP contribution in [0.2, 0.25) is 0 Å². The summed E-state index contributed by atoms with van der Waals surface area (Å²) < 4.78 is 4.89. The van der Waals surface area contributed by atoms with Crippen LogP contribution in [0.4, 0.5) is 0 Å². The average molecular weight is 201 g/mol. The summed E-state index contributed by atoms with van der Waals surface area (Å²) >= 11 is 0. The molecule has 0 aromatic carbocycles. The molecule has 0 fully saturated rings. The lowest BCUT2D eigenvalue weighted by molar-refractivity contribution is -0.163. The van der Waals surface area contributed by atoms with Crippen LogP contribution in [-0.4, -0.2) is 23.5 Å². The summed E-state index contributed by atoms with van der Waals surface area (Å²) in [5.74, 6) is -1.49. The smallest absolute Gasteiger partial charge is 0.397 e. The lowest BCUT2D eigenvalue weighted by Gasteiger charge is -2.19. The van der Waals surface area contributed by atoms with Gasteiger partial charge < -0.3 is 10.1 Å². The number of nitrogens with one attached hydrogen (secondary N) is 1. The zero-order valence-electron chi connectivity index (χ0n) is 9.51. The van der Waals surface area contributed by atoms with E-state index in [1.165, 1.54) is 0 Å². The molecule has 1 unspecified atom stereocenters. The maximum Gasteiger partial charge on any atom is 0.397 e. The van der Waals surface area contributed by atoms with Gasteiger partial charge in [0.15, 0.2) is 0 Å². The van der Waals surface area contributed by atoms with E-state index in [4.69, 9.17) is 4.74 Å². The van der Waals surface area contributed by atoms with Gasteiger partial charge in [-0.2, -0.15) is 0 Å². The molecule has 1 amide bonds. The summed E-state index contributed by atoms with van der Waals surface area (Å²) in [7, 11) is 0. The van der Waals surface area contributed by atoms with E-state index in [-0.39, 0.29) is 6.04 Å². The Bertz CT molecular complexity index is 218. The SMILES string of the molecule is CCC(C)NC(=O)C(=O)OC(C)(C)C. The molecule has 0 heterocycles. The van der Waals surface area contributed by atoms with E-state index in [9.17, 15) is 9.59 Å². The number of esters is 1. The van der Waals surface area contributed by atoms with Crippen LogP contribution >= 0.6 is 0 Å². The second-order valence-electron chi connectivity index (χ2n) is 4.28. The molecule has 4 nitrogen and oxygen atoms in total. The maximum absolute atomic E-state index is 11.2. The van der Waals surface area contributed by atoms with E-state index in [0.29, 0.717) is 0 Å². The van der Waals surface area contributed by atoms with Crippen molar-refractivity contribution in [2.24, 2.45) is 0 Å². The van der Waals surface area contributed by atoms with Crippen LogP contribution in [0, 0.1) is 0 Å². The first kappa shape index (κ1) is 12.9. The minimum atomic E-state index is -0.821. The lowest BCUT2D eigenvalue weighted by Crippen LogP contribution is -2.40. The van der Waals surface area contributed by atoms with Crippen LogP contribution < -0.4 is 5.32 Å². The number of amides is 1. The van der Waals surface area contributed by atoms with Crippen molar-refractivity contribution >= 4 is 11.9 Å². The molecule has 0 saturated carbocycles. The Balaban J connectivity index is 4.08. The standard InChI is InChI=1S/C10H19NO3/c1-6-7(2)11-8(12)9(13)14-10(3,4)5/h7H,6H2,1-5H3,(H,11,12). The van der Waals surface area contributed by atoms with Crippen molar-refractivity contribution in [3.63, 3.8) is 0 Å². The van der Waals surface area contributed by atoms with Crippen molar-refractivity contribution in [3.05, 3.63) is 0 Å². The second kappa shape index (κ2) is 4.98. The number of rotatable bonds is 2. The Morgan fingerprint density at radius 1 is 1.36 bits per heavy atom. The summed E-state index contributed by atoms with van der Waals surface area (Å²) in [5.41, 5.74) is -0.621. The van der Waals surface area contributed by atoms with Gasteiger partial charge in [0.2, 0.25) is 0 Å². The predicted octanol–water partition coefficient (Wildman–Crippen LogP) is 1.24. The van der Waals surface area contributed by atoms with E-state index in [1.54, 1.807) is 20.8 Å². The van der Waals surface area contributed by atoms with Crippen molar-refractivity contribution in [1.29, 1.82) is 0 Å². The molecule has 1 atom stereocenters. The van der Waals surface area contributed by atoms with Crippen LogP contribution in [0.25, 0.3) is 0 Å². The fourth-order valence-corrected chi connectivity index (χ4v) is 0.709. The molecule has 0 aromatic rings. The zero-order valence-corrected chi connectivity index (χ0v) is 9.51. The monoisotopic (exact) mass is 201 g/mol. The molecule has 0 radical (unpaired) electrons. The van der Waals surface area contributed by atoms with E-state index in [1.807, 2.05) is 13.8 Å². The summed E-state index contributed by atoms with van der Waals surface area (Å²) in [6.45, 7) is 8.94. The average Bonchev–Trinajstić information content (AvgIpc) is 2.00. The van der Waals surface area contributed by atoms with Crippen LogP contribution in [-0.2, 0) is 14.3 Å². The molecule has 14 heavy (non-hydrogen) atoms. The van der Waals surface area contributed by atoms with Crippen molar-refractivity contribution in [2.45, 2.75) is 52.7 Å². The van der Waals surface area contributed by atoms with Gasteiger partial charge >= 0.3 is 11.9 Å². The fourth-order valence-electron chi connectivity index (χ4n) is 0.709. The molecule has 0 saturated heterocycles. The quantitative estimate of drug-likeness (QED) is 0.540. The van der Waals surface area contributed by atoms with Gasteiger partial charge in [-0.1, -0.05) is 6.92 Å². The number of carbonyl (C=O) groups is 2. The molecule has 0 aliphatic heterocycles. The topological polar surface area (TPSA) is 55.4 Å². The summed E-state index contributed by atoms with van der Waals surface area (Å²) in [6.07, 6.45) is 0.786. The number of hydrogen-bond acceptors (Lipinski definition) is 3. The Morgan fingerprint density at radius 3 is 2.21 bits per heavy atom. The molecule has 0 bridgehead atoms. The maximum atomic E-state index is 11.2. The fraction of sp³-hybridized carbons (Fsp3) is 0.800. The first-order valence-electron chi connectivity index (χ1n) is 4.80. The van der Waals surface area contributed by atoms with Crippen LogP contribution in [0.3, 0.4) is 0 Å². The van der Waals surface area contributed by atoms with Gasteiger partial charge in [0.05, 0.1) is 0 Å². The predicted molar refractivity (Wildman–Crippen MR) is 53.7 cm³/mol. The Hall–Kier alpha value is -1.06. The molecule has 0 aliphatic carbocycles. The van der Waals surface area contributed by atoms with E-state index in [0.717, 1.165) is 6.42 Å². The Morgan fingerprint density at radius 2 is 1.86 bits per heavy atom. The highest BCUT2D eigenvalue weighted by Gasteiger charge is 2.23. The van der Waals surface area contributed by atoms with Gasteiger partial charge in [-0.25, -0.2) is 4.79 Å². The molecule has 0 spiro atoms. The number of hydrogen-bond donors (Lipinski definition) is 1. The highest BCUT2D eigenvalue weighted by molar-refractivity contribution is 6.32. The highest BCUT2D eigenvalue weighted by Crippen LogP contribution is 2.06. The van der Waals surface area contributed by atoms with Gasteiger partial charge in [0.25, 0.3) is 0 Å². The number of carbonyl (C=O) groups excluding carboxylic acids is 2. The van der Waals surface area contributed by atoms with Crippen LogP contribution in [0.15, 0.2) is 0 Å². The summed E-state index contributed by atoms with van der Waals surface area (Å²) in [6, 6.07) is -0.00461. The second-order valence-corrected chi connectivity index (χ2v) is 4.28. The summed E-state index contributed by atoms with van der Waals surface area (Å²) in [5, 5.41) is 2.54. The minimum Gasteiger partial charge on any atom is -0.453 e. The number of ether oxygens (including phenoxy) is 1. The third kappa shape index (κ3) is 5.56. The van der Waals surface area contributed by atoms with Crippen molar-refractivity contribution < 1.29 is 14.3 Å². The van der Waals surface area contributed by atoms with Crippen molar-refractivity contribution in [3.8, 4) is 0 Å². The van der Waals surface area contributed by atoms with Crippen LogP contribution in [0.5, 0.6) is 0 Å². The molecule has 1 N–H and O–H groups in total. The minimum absolute atomic E-state index is 0.00461. The Labute approximate surface area is 85.0 Å². The van der Waals surface area contributed by atoms with Crippen molar-refractivity contribution in [1.82, 2.24) is 5.32 Å². The van der Waals surface area contributed by atoms with Gasteiger partial charge in [0.1, 0.15) is 5.60 Å². The molecule has 0 aromatic heterocycles. The first-order valence-corrected chi connectivity index (χ1v) is 4.80. The van der Waals surface area contributed by atoms with Gasteiger partial charge in [-0.05, 0) is 34.1 Å². The molecule has 0 rings (SSSR count). The molecular weight excluding hydrogens is 182 g/mol. The van der Waals surface area contributed by atoms with Gasteiger partial charge in [-0.15, -0.1) is 0 Å². The lowest BCUT2D eigenvalue weighted by atomic mass is 10.2. The highest BCUT2D eigenvalue weighted by atomic mass is 16.6. The van der Waals surface area contributed by atoms with Gasteiger partial charge in [-0.3, -0.25) is 4.79 Å². The molecular formula is C10H19NO3. The normalized spacial score (nSPS) is 13.2. The van der Waals surface area contributed by atoms with Crippen LogP contribution in [0.1, 0.15) is 41.0 Å². The third-order valence-electron chi connectivity index (χ3n) is 1.57. The summed E-state index contributed by atoms with van der Waals surface area (Å²) in [4.78, 5) is 22.4. The largest absolute Gasteiger partial charge is 0.453 e. The first-order chi connectivity index (χ1) is 6.26. The third-order valence-corrected chi connectivity index (χ3v) is 1.57. The zero-order chi connectivity index (χ0) is 11.4. The van der Waals surface area contributed by atoms with Crippen molar-refractivity contribution in [2.75, 3.05) is 0 Å². The van der Waals surface area contributed by atoms with Gasteiger partial charge in [0, 0.05) is 6.04 Å². The Kier molecular flexibility index (Phi) is 4.60. The van der Waals surface area contributed by atoms with E-state index >= 15 is 0 Å². The molecule has 82 valence electrons.